The molecule has 1 aromatic carbocycles. The van der Waals surface area contributed by atoms with Gasteiger partial charge >= 0.3 is 5.97 Å². The summed E-state index contributed by atoms with van der Waals surface area (Å²) in [4.78, 5) is 10.7. The molecule has 0 spiro atoms. The second kappa shape index (κ2) is 4.28. The van der Waals surface area contributed by atoms with Crippen molar-refractivity contribution in [3.05, 3.63) is 35.4 Å². The predicted molar refractivity (Wildman–Crippen MR) is 63.5 cm³/mol. The number of carboxylic acid groups (broad SMARTS) is 1. The summed E-state index contributed by atoms with van der Waals surface area (Å²) in [5.41, 5.74) is 2.60. The Kier molecular flexibility index (Phi) is 2.99. The van der Waals surface area contributed by atoms with Crippen LogP contribution in [-0.2, 0) is 11.2 Å². The zero-order valence-electron chi connectivity index (χ0n) is 9.81. The first-order valence-electron chi connectivity index (χ1n) is 5.89. The van der Waals surface area contributed by atoms with Crippen LogP contribution in [0.2, 0.25) is 0 Å². The number of hydrogen-bond acceptors (Lipinski definition) is 1. The van der Waals surface area contributed by atoms with Crippen molar-refractivity contribution in [2.24, 2.45) is 11.8 Å². The molecule has 0 saturated heterocycles. The minimum atomic E-state index is -0.635. The van der Waals surface area contributed by atoms with Crippen molar-refractivity contribution < 1.29 is 9.90 Å². The molecular formula is C14H18O2. The fourth-order valence-corrected chi connectivity index (χ4v) is 2.12. The van der Waals surface area contributed by atoms with E-state index < -0.39 is 5.97 Å². The molecule has 2 nitrogen and oxygen atoms in total. The van der Waals surface area contributed by atoms with E-state index in [-0.39, 0.29) is 5.92 Å². The first-order chi connectivity index (χ1) is 7.58. The first-order valence-corrected chi connectivity index (χ1v) is 5.89. The summed E-state index contributed by atoms with van der Waals surface area (Å²) in [6.45, 7) is 4.35. The van der Waals surface area contributed by atoms with Crippen LogP contribution in [0, 0.1) is 11.8 Å². The molecule has 86 valence electrons. The summed E-state index contributed by atoms with van der Waals surface area (Å²) in [5, 5.41) is 8.82. The van der Waals surface area contributed by atoms with Gasteiger partial charge in [-0.2, -0.15) is 0 Å². The normalized spacial score (nSPS) is 23.4. The van der Waals surface area contributed by atoms with E-state index in [1.165, 1.54) is 11.1 Å². The van der Waals surface area contributed by atoms with Gasteiger partial charge in [0, 0.05) is 0 Å². The van der Waals surface area contributed by atoms with Crippen molar-refractivity contribution in [1.82, 2.24) is 0 Å². The molecule has 1 fully saturated rings. The number of carboxylic acids is 1. The molecule has 2 unspecified atom stereocenters. The van der Waals surface area contributed by atoms with Crippen LogP contribution < -0.4 is 0 Å². The van der Waals surface area contributed by atoms with Crippen LogP contribution in [0.1, 0.15) is 37.3 Å². The Balaban J connectivity index is 1.94. The molecule has 0 aliphatic heterocycles. The fraction of sp³-hybridized carbons (Fsp3) is 0.500. The highest BCUT2D eigenvalue weighted by Gasteiger charge is 2.42. The largest absolute Gasteiger partial charge is 0.481 e. The minimum Gasteiger partial charge on any atom is -0.481 e. The van der Waals surface area contributed by atoms with Gasteiger partial charge in [0.1, 0.15) is 0 Å². The zero-order chi connectivity index (χ0) is 11.7. The Labute approximate surface area is 96.3 Å². The minimum absolute atomic E-state index is 0.0928. The molecule has 1 N–H and O–H groups in total. The molecule has 1 aromatic rings. The third kappa shape index (κ3) is 2.43. The van der Waals surface area contributed by atoms with Gasteiger partial charge in [-0.05, 0) is 35.8 Å². The van der Waals surface area contributed by atoms with Gasteiger partial charge in [-0.3, -0.25) is 4.79 Å². The molecule has 0 bridgehead atoms. The van der Waals surface area contributed by atoms with E-state index in [1.807, 2.05) is 0 Å². The van der Waals surface area contributed by atoms with Crippen LogP contribution in [0.15, 0.2) is 24.3 Å². The molecule has 1 aliphatic rings. The molecule has 0 radical (unpaired) electrons. The van der Waals surface area contributed by atoms with Crippen molar-refractivity contribution in [1.29, 1.82) is 0 Å². The van der Waals surface area contributed by atoms with Gasteiger partial charge in [-0.25, -0.2) is 0 Å². The maximum Gasteiger partial charge on any atom is 0.306 e. The second-order valence-corrected chi connectivity index (χ2v) is 5.04. The molecule has 1 aliphatic carbocycles. The van der Waals surface area contributed by atoms with Crippen LogP contribution >= 0.6 is 0 Å². The summed E-state index contributed by atoms with van der Waals surface area (Å²) in [6.07, 6.45) is 1.76. The van der Waals surface area contributed by atoms with Gasteiger partial charge in [0.25, 0.3) is 0 Å². The lowest BCUT2D eigenvalue weighted by Crippen LogP contribution is -2.01. The van der Waals surface area contributed by atoms with Crippen LogP contribution in [0.3, 0.4) is 0 Å². The molecular weight excluding hydrogens is 200 g/mol. The molecule has 1 saturated carbocycles. The molecule has 2 heteroatoms. The number of benzene rings is 1. The van der Waals surface area contributed by atoms with E-state index in [0.717, 1.165) is 12.8 Å². The van der Waals surface area contributed by atoms with Gasteiger partial charge in [0.05, 0.1) is 5.92 Å². The molecule has 16 heavy (non-hydrogen) atoms. The average molecular weight is 218 g/mol. The summed E-state index contributed by atoms with van der Waals surface area (Å²) < 4.78 is 0. The van der Waals surface area contributed by atoms with E-state index in [0.29, 0.717) is 11.8 Å². The highest BCUT2D eigenvalue weighted by molar-refractivity contribution is 5.73. The van der Waals surface area contributed by atoms with Crippen LogP contribution in [-0.4, -0.2) is 11.1 Å². The number of rotatable bonds is 4. The maximum absolute atomic E-state index is 10.7. The third-order valence-corrected chi connectivity index (χ3v) is 3.38. The molecule has 2 rings (SSSR count). The number of aliphatic carboxylic acids is 1. The molecule has 0 heterocycles. The lowest BCUT2D eigenvalue weighted by molar-refractivity contribution is -0.138. The van der Waals surface area contributed by atoms with Gasteiger partial charge < -0.3 is 5.11 Å². The summed E-state index contributed by atoms with van der Waals surface area (Å²) in [6, 6.07) is 8.56. The Bertz CT molecular complexity index is 378. The lowest BCUT2D eigenvalue weighted by atomic mass is 10.00. The summed E-state index contributed by atoms with van der Waals surface area (Å²) in [5.74, 6) is 0.192. The van der Waals surface area contributed by atoms with E-state index in [2.05, 4.69) is 38.1 Å². The van der Waals surface area contributed by atoms with Crippen molar-refractivity contribution in [3.8, 4) is 0 Å². The Morgan fingerprint density at radius 2 is 2.00 bits per heavy atom. The average Bonchev–Trinajstić information content (AvgIpc) is 2.98. The topological polar surface area (TPSA) is 37.3 Å². The van der Waals surface area contributed by atoms with Gasteiger partial charge in [0.2, 0.25) is 0 Å². The van der Waals surface area contributed by atoms with Crippen molar-refractivity contribution in [2.45, 2.75) is 32.6 Å². The van der Waals surface area contributed by atoms with Crippen LogP contribution in [0.4, 0.5) is 0 Å². The molecule has 0 amide bonds. The highest BCUT2D eigenvalue weighted by Crippen LogP contribution is 2.41. The van der Waals surface area contributed by atoms with E-state index in [1.54, 1.807) is 0 Å². The Morgan fingerprint density at radius 3 is 2.44 bits per heavy atom. The van der Waals surface area contributed by atoms with Gasteiger partial charge in [-0.1, -0.05) is 38.1 Å². The fourth-order valence-electron chi connectivity index (χ4n) is 2.12. The Hall–Kier alpha value is -1.31. The van der Waals surface area contributed by atoms with Crippen molar-refractivity contribution in [3.63, 3.8) is 0 Å². The predicted octanol–water partition coefficient (Wildman–Crippen LogP) is 3.07. The third-order valence-electron chi connectivity index (χ3n) is 3.38. The standard InChI is InChI=1S/C14H18O2/c1-9(2)11-5-3-10(4-6-11)7-12-8-13(12)14(15)16/h3-6,9,12-13H,7-8H2,1-2H3,(H,15,16). The molecule has 0 aromatic heterocycles. The first kappa shape index (κ1) is 11.2. The summed E-state index contributed by atoms with van der Waals surface area (Å²) >= 11 is 0. The Morgan fingerprint density at radius 1 is 1.38 bits per heavy atom. The maximum atomic E-state index is 10.7. The van der Waals surface area contributed by atoms with E-state index in [9.17, 15) is 4.79 Å². The lowest BCUT2D eigenvalue weighted by Gasteiger charge is -2.06. The van der Waals surface area contributed by atoms with E-state index >= 15 is 0 Å². The summed E-state index contributed by atoms with van der Waals surface area (Å²) in [7, 11) is 0. The SMILES string of the molecule is CC(C)c1ccc(CC2CC2C(=O)O)cc1. The highest BCUT2D eigenvalue weighted by atomic mass is 16.4. The number of hydrogen-bond donors (Lipinski definition) is 1. The van der Waals surface area contributed by atoms with Crippen LogP contribution in [0.25, 0.3) is 0 Å². The second-order valence-electron chi connectivity index (χ2n) is 5.04. The molecule has 2 atom stereocenters. The van der Waals surface area contributed by atoms with Gasteiger partial charge in [-0.15, -0.1) is 0 Å². The zero-order valence-corrected chi connectivity index (χ0v) is 9.81. The van der Waals surface area contributed by atoms with Crippen molar-refractivity contribution >= 4 is 5.97 Å². The quantitative estimate of drug-likeness (QED) is 0.843. The van der Waals surface area contributed by atoms with Crippen LogP contribution in [0.5, 0.6) is 0 Å². The van der Waals surface area contributed by atoms with Gasteiger partial charge in [0.15, 0.2) is 0 Å². The van der Waals surface area contributed by atoms with Crippen molar-refractivity contribution in [2.75, 3.05) is 0 Å². The monoisotopic (exact) mass is 218 g/mol. The van der Waals surface area contributed by atoms with E-state index in [4.69, 9.17) is 5.11 Å². The number of carbonyl (C=O) groups is 1. The smallest absolute Gasteiger partial charge is 0.306 e.